The van der Waals surface area contributed by atoms with E-state index < -0.39 is 6.04 Å². The lowest BCUT2D eigenvalue weighted by Gasteiger charge is -2.25. The zero-order valence-electron chi connectivity index (χ0n) is 13.1. The van der Waals surface area contributed by atoms with Crippen LogP contribution >= 0.6 is 0 Å². The average Bonchev–Trinajstić information content (AvgIpc) is 2.88. The van der Waals surface area contributed by atoms with E-state index in [9.17, 15) is 9.59 Å². The first kappa shape index (κ1) is 15.4. The highest BCUT2D eigenvalue weighted by Gasteiger charge is 2.40. The Morgan fingerprint density at radius 2 is 1.96 bits per heavy atom. The number of carbonyl (C=O) groups is 2. The maximum absolute atomic E-state index is 12.7. The topological polar surface area (TPSA) is 79.9 Å². The van der Waals surface area contributed by atoms with Crippen LogP contribution in [0.1, 0.15) is 11.6 Å². The minimum Gasteiger partial charge on any atom is -0.497 e. The molecule has 7 nitrogen and oxygen atoms in total. The zero-order chi connectivity index (χ0) is 16.4. The molecule has 1 aromatic carbocycles. The lowest BCUT2D eigenvalue weighted by atomic mass is 9.96. The van der Waals surface area contributed by atoms with Crippen molar-refractivity contribution in [1.82, 2.24) is 15.5 Å². The van der Waals surface area contributed by atoms with Gasteiger partial charge in [0, 0.05) is 13.7 Å². The highest BCUT2D eigenvalue weighted by Crippen LogP contribution is 2.32. The van der Waals surface area contributed by atoms with Gasteiger partial charge in [0.15, 0.2) is 0 Å². The summed E-state index contributed by atoms with van der Waals surface area (Å²) in [4.78, 5) is 26.2. The normalized spacial score (nSPS) is 20.3. The molecule has 0 spiro atoms. The number of methoxy groups -OCH3 is 2. The van der Waals surface area contributed by atoms with Crippen LogP contribution < -0.4 is 15.4 Å². The highest BCUT2D eigenvalue weighted by atomic mass is 16.5. The van der Waals surface area contributed by atoms with E-state index in [1.165, 1.54) is 0 Å². The van der Waals surface area contributed by atoms with Gasteiger partial charge in [-0.05, 0) is 17.7 Å². The van der Waals surface area contributed by atoms with Crippen LogP contribution in [-0.4, -0.2) is 50.8 Å². The smallest absolute Gasteiger partial charge is 0.319 e. The van der Waals surface area contributed by atoms with E-state index in [-0.39, 0.29) is 11.9 Å². The number of nitrogens with zero attached hydrogens (tertiary/aromatic N) is 1. The molecule has 1 aromatic rings. The molecule has 0 saturated heterocycles. The number of urea groups is 1. The second-order valence-corrected chi connectivity index (χ2v) is 5.42. The van der Waals surface area contributed by atoms with E-state index in [2.05, 4.69) is 10.6 Å². The van der Waals surface area contributed by atoms with Gasteiger partial charge in [-0.1, -0.05) is 12.1 Å². The lowest BCUT2D eigenvalue weighted by molar-refractivity contribution is -0.126. The van der Waals surface area contributed by atoms with Gasteiger partial charge in [0.2, 0.25) is 0 Å². The maximum Gasteiger partial charge on any atom is 0.319 e. The third-order valence-electron chi connectivity index (χ3n) is 4.03. The molecule has 7 heteroatoms. The van der Waals surface area contributed by atoms with Gasteiger partial charge in [-0.15, -0.1) is 0 Å². The third kappa shape index (κ3) is 2.87. The largest absolute Gasteiger partial charge is 0.497 e. The van der Waals surface area contributed by atoms with Gasteiger partial charge < -0.3 is 25.0 Å². The molecule has 23 heavy (non-hydrogen) atoms. The van der Waals surface area contributed by atoms with Crippen LogP contribution in [0, 0.1) is 0 Å². The summed E-state index contributed by atoms with van der Waals surface area (Å²) in [6.45, 7) is 1.35. The van der Waals surface area contributed by atoms with Crippen molar-refractivity contribution in [2.24, 2.45) is 0 Å². The average molecular weight is 317 g/mol. The maximum atomic E-state index is 12.7. The zero-order valence-corrected chi connectivity index (χ0v) is 13.1. The number of rotatable bonds is 5. The van der Waals surface area contributed by atoms with Crippen molar-refractivity contribution in [2.45, 2.75) is 6.04 Å². The molecule has 3 amide bonds. The van der Waals surface area contributed by atoms with Gasteiger partial charge in [-0.3, -0.25) is 4.79 Å². The number of carbonyl (C=O) groups excluding carboxylic acids is 2. The van der Waals surface area contributed by atoms with Gasteiger partial charge in [-0.2, -0.15) is 0 Å². The first-order valence-corrected chi connectivity index (χ1v) is 7.36. The van der Waals surface area contributed by atoms with Crippen molar-refractivity contribution >= 4 is 11.9 Å². The molecule has 0 fully saturated rings. The van der Waals surface area contributed by atoms with Crippen LogP contribution in [0.25, 0.3) is 0 Å². The molecule has 122 valence electrons. The fourth-order valence-electron chi connectivity index (χ4n) is 2.86. The summed E-state index contributed by atoms with van der Waals surface area (Å²) in [5, 5.41) is 5.56. The highest BCUT2D eigenvalue weighted by molar-refractivity contribution is 6.01. The fourth-order valence-corrected chi connectivity index (χ4v) is 2.86. The molecule has 0 aliphatic carbocycles. The summed E-state index contributed by atoms with van der Waals surface area (Å²) in [6, 6.07) is 6.57. The number of benzene rings is 1. The van der Waals surface area contributed by atoms with Crippen molar-refractivity contribution < 1.29 is 19.1 Å². The molecule has 2 heterocycles. The van der Waals surface area contributed by atoms with Crippen LogP contribution in [0.3, 0.4) is 0 Å². The molecule has 0 saturated carbocycles. The summed E-state index contributed by atoms with van der Waals surface area (Å²) in [7, 11) is 3.19. The number of ether oxygens (including phenoxy) is 2. The Labute approximate surface area is 134 Å². The summed E-state index contributed by atoms with van der Waals surface area (Å²) in [5.41, 5.74) is 2.09. The van der Waals surface area contributed by atoms with E-state index in [0.717, 1.165) is 11.3 Å². The van der Waals surface area contributed by atoms with Crippen LogP contribution in [0.2, 0.25) is 0 Å². The van der Waals surface area contributed by atoms with Crippen LogP contribution in [0.4, 0.5) is 4.79 Å². The second kappa shape index (κ2) is 6.29. The summed E-state index contributed by atoms with van der Waals surface area (Å²) < 4.78 is 10.2. The standard InChI is InChI=1S/C16H19N3O4/c1-22-8-7-19-9-12-13(15(19)20)14(18-16(21)17-12)10-3-5-11(23-2)6-4-10/h3-6,14H,7-9H2,1-2H3,(H2,17,18,21)/t14-/m1/s1. The number of hydrogen-bond donors (Lipinski definition) is 2. The van der Waals surface area contributed by atoms with E-state index >= 15 is 0 Å². The van der Waals surface area contributed by atoms with E-state index in [1.54, 1.807) is 19.1 Å². The summed E-state index contributed by atoms with van der Waals surface area (Å²) in [6.07, 6.45) is 0. The van der Waals surface area contributed by atoms with Gasteiger partial charge >= 0.3 is 6.03 Å². The Morgan fingerprint density at radius 3 is 2.61 bits per heavy atom. The molecule has 2 aliphatic rings. The van der Waals surface area contributed by atoms with E-state index in [4.69, 9.17) is 9.47 Å². The monoisotopic (exact) mass is 317 g/mol. The number of hydrogen-bond acceptors (Lipinski definition) is 4. The van der Waals surface area contributed by atoms with Crippen molar-refractivity contribution in [1.29, 1.82) is 0 Å². The van der Waals surface area contributed by atoms with Crippen molar-refractivity contribution in [2.75, 3.05) is 33.9 Å². The molecular weight excluding hydrogens is 298 g/mol. The van der Waals surface area contributed by atoms with Crippen molar-refractivity contribution in [3.05, 3.63) is 41.1 Å². The molecule has 3 rings (SSSR count). The molecule has 0 unspecified atom stereocenters. The molecule has 2 aliphatic heterocycles. The second-order valence-electron chi connectivity index (χ2n) is 5.42. The molecule has 0 radical (unpaired) electrons. The molecular formula is C16H19N3O4. The Balaban J connectivity index is 1.89. The van der Waals surface area contributed by atoms with Gasteiger partial charge in [0.05, 0.1) is 37.6 Å². The predicted molar refractivity (Wildman–Crippen MR) is 82.9 cm³/mol. The SMILES string of the molecule is COCCN1CC2=C(C1=O)[C@@H](c1ccc(OC)cc1)NC(=O)N2. The molecule has 0 bridgehead atoms. The van der Waals surface area contributed by atoms with E-state index in [0.29, 0.717) is 31.0 Å². The summed E-state index contributed by atoms with van der Waals surface area (Å²) in [5.74, 6) is 0.646. The van der Waals surface area contributed by atoms with Gasteiger partial charge in [0.1, 0.15) is 5.75 Å². The first-order chi connectivity index (χ1) is 11.1. The van der Waals surface area contributed by atoms with E-state index in [1.807, 2.05) is 24.3 Å². The van der Waals surface area contributed by atoms with Crippen LogP contribution in [-0.2, 0) is 9.53 Å². The summed E-state index contributed by atoms with van der Waals surface area (Å²) >= 11 is 0. The van der Waals surface area contributed by atoms with Gasteiger partial charge in [0.25, 0.3) is 5.91 Å². The Morgan fingerprint density at radius 1 is 1.22 bits per heavy atom. The Hall–Kier alpha value is -2.54. The Bertz CT molecular complexity index is 654. The fraction of sp³-hybridized carbons (Fsp3) is 0.375. The van der Waals surface area contributed by atoms with Crippen LogP contribution in [0.5, 0.6) is 5.75 Å². The quantitative estimate of drug-likeness (QED) is 0.841. The third-order valence-corrected chi connectivity index (χ3v) is 4.03. The predicted octanol–water partition coefficient (Wildman–Crippen LogP) is 0.792. The van der Waals surface area contributed by atoms with Crippen molar-refractivity contribution in [3.63, 3.8) is 0 Å². The van der Waals surface area contributed by atoms with Gasteiger partial charge in [-0.25, -0.2) is 4.79 Å². The minimum atomic E-state index is -0.454. The lowest BCUT2D eigenvalue weighted by Crippen LogP contribution is -2.44. The molecule has 1 atom stereocenters. The Kier molecular flexibility index (Phi) is 4.20. The molecule has 2 N–H and O–H groups in total. The molecule has 0 aromatic heterocycles. The van der Waals surface area contributed by atoms with Crippen LogP contribution in [0.15, 0.2) is 35.5 Å². The first-order valence-electron chi connectivity index (χ1n) is 7.36. The minimum absolute atomic E-state index is 0.0784. The number of amides is 3. The van der Waals surface area contributed by atoms with Crippen molar-refractivity contribution in [3.8, 4) is 5.75 Å². The number of nitrogens with one attached hydrogen (secondary N) is 2.